The van der Waals surface area contributed by atoms with E-state index >= 15 is 0 Å². The van der Waals surface area contributed by atoms with Gasteiger partial charge in [0, 0.05) is 42.7 Å². The lowest BCUT2D eigenvalue weighted by atomic mass is 9.70. The lowest BCUT2D eigenvalue weighted by Crippen LogP contribution is -2.43. The molecule has 2 aromatic carbocycles. The normalized spacial score (nSPS) is 31.1. The van der Waals surface area contributed by atoms with Gasteiger partial charge in [-0.25, -0.2) is 17.8 Å². The highest BCUT2D eigenvalue weighted by molar-refractivity contribution is 7.92. The van der Waals surface area contributed by atoms with Crippen LogP contribution in [0.1, 0.15) is 66.9 Å². The van der Waals surface area contributed by atoms with Gasteiger partial charge >= 0.3 is 6.03 Å². The van der Waals surface area contributed by atoms with E-state index in [-0.39, 0.29) is 35.7 Å². The molecule has 13 heteroatoms. The van der Waals surface area contributed by atoms with Crippen molar-refractivity contribution in [2.24, 2.45) is 28.0 Å². The summed E-state index contributed by atoms with van der Waals surface area (Å²) in [6.45, 7) is 3.62. The molecule has 2 heterocycles. The monoisotopic (exact) mass is 718 g/mol. The highest BCUT2D eigenvalue weighted by Crippen LogP contribution is 2.42. The Kier molecular flexibility index (Phi) is 11.2. The van der Waals surface area contributed by atoms with Crippen LogP contribution in [0, 0.1) is 23.7 Å². The number of rotatable bonds is 4. The van der Waals surface area contributed by atoms with Crippen LogP contribution in [0.25, 0.3) is 0 Å². The average molecular weight is 719 g/mol. The molecule has 2 N–H and O–H groups in total. The summed E-state index contributed by atoms with van der Waals surface area (Å²) in [4.78, 5) is 29.0. The summed E-state index contributed by atoms with van der Waals surface area (Å²) in [6, 6.07) is 9.50. The Morgan fingerprint density at radius 3 is 2.73 bits per heavy atom. The van der Waals surface area contributed by atoms with E-state index in [4.69, 9.17) is 21.1 Å². The molecule has 0 aromatic heterocycles. The van der Waals surface area contributed by atoms with Gasteiger partial charge in [-0.1, -0.05) is 36.7 Å². The molecule has 9 nitrogen and oxygen atoms in total. The number of anilines is 1. The predicted octanol–water partition coefficient (Wildman–Crippen LogP) is 7.17. The predicted molar refractivity (Wildman–Crippen MR) is 187 cm³/mol. The Balaban J connectivity index is 1.40. The molecule has 2 aliphatic carbocycles. The fraction of sp³-hybridized carbons (Fsp3) is 0.556. The number of nitrogens with zero attached hydrogens (tertiary/aromatic N) is 2. The molecule has 0 radical (unpaired) electrons. The first-order valence-electron chi connectivity index (χ1n) is 17.2. The number of methoxy groups -OCH3 is 1. The number of alkyl halides is 2. The lowest BCUT2D eigenvalue weighted by Gasteiger charge is -2.43. The molecule has 7 atom stereocenters. The fourth-order valence-electron chi connectivity index (χ4n) is 7.18. The van der Waals surface area contributed by atoms with Crippen molar-refractivity contribution >= 4 is 39.1 Å². The molecule has 0 saturated heterocycles. The smallest absolute Gasteiger partial charge is 0.327 e. The Bertz CT molecular complexity index is 1700. The van der Waals surface area contributed by atoms with Crippen LogP contribution in [0.5, 0.6) is 5.75 Å². The van der Waals surface area contributed by atoms with Crippen LogP contribution in [0.15, 0.2) is 52.9 Å². The number of urea groups is 1. The summed E-state index contributed by atoms with van der Waals surface area (Å²) in [5.41, 5.74) is 3.25. The Morgan fingerprint density at radius 1 is 1.16 bits per heavy atom. The van der Waals surface area contributed by atoms with E-state index in [1.54, 1.807) is 25.3 Å². The SMILES string of the molecule is CO[C@H]1/C=C/C[C@H](C)C[S@@](=O)(NC(=O)N[C@@H]2C[C@H]2C(F)F)=NC(=O)c2ccc3c(c2)N(Cc2ccc(Cl)cc2CCCCO3)C[C@@H]2CC[C@H]21. The minimum atomic E-state index is -3.65. The van der Waals surface area contributed by atoms with E-state index in [9.17, 15) is 22.6 Å². The van der Waals surface area contributed by atoms with Crippen LogP contribution in [-0.2, 0) is 27.6 Å². The molecule has 2 fully saturated rings. The van der Waals surface area contributed by atoms with Crippen LogP contribution in [0.2, 0.25) is 5.02 Å². The number of hydrogen-bond donors (Lipinski definition) is 2. The third-order valence-corrected chi connectivity index (χ3v) is 12.4. The van der Waals surface area contributed by atoms with Crippen molar-refractivity contribution in [2.45, 2.75) is 77.0 Å². The molecule has 0 unspecified atom stereocenters. The van der Waals surface area contributed by atoms with Crippen LogP contribution in [0.3, 0.4) is 0 Å². The summed E-state index contributed by atoms with van der Waals surface area (Å²) in [5.74, 6) is -0.782. The van der Waals surface area contributed by atoms with E-state index in [1.807, 2.05) is 25.1 Å². The van der Waals surface area contributed by atoms with Crippen molar-refractivity contribution in [3.63, 3.8) is 0 Å². The number of nitrogens with one attached hydrogen (secondary N) is 2. The summed E-state index contributed by atoms with van der Waals surface area (Å²) in [7, 11) is -1.94. The number of aryl methyl sites for hydroxylation is 1. The van der Waals surface area contributed by atoms with Crippen LogP contribution < -0.4 is 19.7 Å². The lowest BCUT2D eigenvalue weighted by molar-refractivity contribution is 0.0133. The molecular weight excluding hydrogens is 674 g/mol. The van der Waals surface area contributed by atoms with Gasteiger partial charge in [0.15, 0.2) is 0 Å². The standard InChI is InChI=1S/C36H45ClF2N4O5S/c1-22-6-5-8-32(47-2)28-13-10-26(28)20-43-19-25-9-12-27(37)16-23(25)7-3-4-15-48-33-14-11-24(17-31(33)43)35(44)41-49(46,21-22)42-36(45)40-30-18-29(30)34(38)39/h5,8-9,11-12,14,16-17,22,26,28-30,32,34H,3-4,6-7,10,13,15,18-21H2,1-2H3,(H2,40,41,42,44,45,46)/b8-5+/t22-,26-,28+,29+,30+,32-,49-/m0/s1. The quantitative estimate of drug-likeness (QED) is 0.325. The first kappa shape index (κ1) is 35.6. The van der Waals surface area contributed by atoms with Gasteiger partial charge in [-0.2, -0.15) is 0 Å². The maximum Gasteiger partial charge on any atom is 0.327 e. The Morgan fingerprint density at radius 2 is 2.00 bits per heavy atom. The maximum absolute atomic E-state index is 14.3. The van der Waals surface area contributed by atoms with Crippen molar-refractivity contribution < 1.29 is 32.1 Å². The molecule has 49 heavy (non-hydrogen) atoms. The highest BCUT2D eigenvalue weighted by Gasteiger charge is 2.45. The van der Waals surface area contributed by atoms with E-state index in [2.05, 4.69) is 31.4 Å². The Hall–Kier alpha value is -3.22. The number of hydrogen-bond acceptors (Lipinski definition) is 6. The van der Waals surface area contributed by atoms with Gasteiger partial charge in [-0.05, 0) is 104 Å². The summed E-state index contributed by atoms with van der Waals surface area (Å²) in [5, 5.41) is 3.16. The number of carbonyl (C=O) groups is 2. The topological polar surface area (TPSA) is 109 Å². The molecular formula is C36H45ClF2N4O5S. The number of benzene rings is 2. The second-order valence-electron chi connectivity index (χ2n) is 13.9. The maximum atomic E-state index is 14.3. The Labute approximate surface area is 292 Å². The first-order chi connectivity index (χ1) is 23.5. The number of allylic oxidation sites excluding steroid dienone is 1. The second-order valence-corrected chi connectivity index (χ2v) is 16.3. The largest absolute Gasteiger partial charge is 0.491 e. The van der Waals surface area contributed by atoms with Gasteiger partial charge in [0.25, 0.3) is 5.91 Å². The van der Waals surface area contributed by atoms with Crippen LogP contribution in [0.4, 0.5) is 19.3 Å². The van der Waals surface area contributed by atoms with Crippen molar-refractivity contribution in [3.05, 3.63) is 70.3 Å². The minimum absolute atomic E-state index is 0.108. The van der Waals surface area contributed by atoms with E-state index < -0.39 is 40.2 Å². The van der Waals surface area contributed by atoms with Gasteiger partial charge in [0.05, 0.1) is 24.2 Å². The number of halogens is 3. The van der Waals surface area contributed by atoms with Crippen molar-refractivity contribution in [1.29, 1.82) is 0 Å². The summed E-state index contributed by atoms with van der Waals surface area (Å²) < 4.78 is 59.3. The molecule has 2 aliphatic heterocycles. The number of carbonyl (C=O) groups excluding carboxylic acids is 2. The van der Waals surface area contributed by atoms with Crippen molar-refractivity contribution in [3.8, 4) is 5.75 Å². The first-order valence-corrected chi connectivity index (χ1v) is 19.2. The molecule has 2 bridgehead atoms. The van der Waals surface area contributed by atoms with E-state index in [0.29, 0.717) is 42.8 Å². The molecule has 0 spiro atoms. The van der Waals surface area contributed by atoms with Gasteiger partial charge in [-0.3, -0.25) is 9.52 Å². The molecule has 2 saturated carbocycles. The third-order valence-electron chi connectivity index (χ3n) is 10.1. The van der Waals surface area contributed by atoms with Gasteiger partial charge in [-0.15, -0.1) is 4.36 Å². The van der Waals surface area contributed by atoms with Crippen LogP contribution >= 0.6 is 11.6 Å². The van der Waals surface area contributed by atoms with Gasteiger partial charge in [0.2, 0.25) is 6.43 Å². The number of ether oxygens (including phenoxy) is 2. The van der Waals surface area contributed by atoms with E-state index in [1.165, 1.54) is 5.56 Å². The molecule has 2 aromatic rings. The molecule has 266 valence electrons. The number of fused-ring (bicyclic) bond motifs is 3. The second kappa shape index (κ2) is 15.3. The third kappa shape index (κ3) is 8.75. The average Bonchev–Trinajstić information content (AvgIpc) is 3.81. The molecule has 6 rings (SSSR count). The van der Waals surface area contributed by atoms with Gasteiger partial charge in [0.1, 0.15) is 15.7 Å². The summed E-state index contributed by atoms with van der Waals surface area (Å²) >= 11 is 6.43. The zero-order chi connectivity index (χ0) is 34.7. The van der Waals surface area contributed by atoms with Crippen LogP contribution in [-0.4, -0.2) is 60.7 Å². The summed E-state index contributed by atoms with van der Waals surface area (Å²) in [6.07, 6.45) is 6.72. The van der Waals surface area contributed by atoms with Gasteiger partial charge < -0.3 is 19.7 Å². The zero-order valence-electron chi connectivity index (χ0n) is 27.9. The zero-order valence-corrected chi connectivity index (χ0v) is 29.5. The number of amides is 3. The molecule has 3 amide bonds. The van der Waals surface area contributed by atoms with E-state index in [0.717, 1.165) is 43.4 Å². The fourth-order valence-corrected chi connectivity index (χ4v) is 9.20. The molecule has 4 aliphatic rings. The van der Waals surface area contributed by atoms with Crippen molar-refractivity contribution in [1.82, 2.24) is 10.0 Å². The van der Waals surface area contributed by atoms with Crippen molar-refractivity contribution in [2.75, 3.05) is 30.9 Å². The highest BCUT2D eigenvalue weighted by atomic mass is 35.5. The minimum Gasteiger partial charge on any atom is -0.491 e.